The summed E-state index contributed by atoms with van der Waals surface area (Å²) in [6.07, 6.45) is 2.99. The normalized spacial score (nSPS) is 19.9. The summed E-state index contributed by atoms with van der Waals surface area (Å²) >= 11 is 0. The van der Waals surface area contributed by atoms with E-state index in [0.29, 0.717) is 24.1 Å². The largest absolute Gasteiger partial charge is 0.493 e. The van der Waals surface area contributed by atoms with E-state index in [9.17, 15) is 10.2 Å². The van der Waals surface area contributed by atoms with E-state index in [0.717, 1.165) is 44.3 Å². The molecule has 3 rings (SSSR count). The van der Waals surface area contributed by atoms with Crippen LogP contribution in [0.5, 0.6) is 11.5 Å². The van der Waals surface area contributed by atoms with Crippen LogP contribution in [0.15, 0.2) is 48.5 Å². The molecule has 0 radical (unpaired) electrons. The molecule has 1 saturated carbocycles. The Bertz CT molecular complexity index is 778. The third-order valence-electron chi connectivity index (χ3n) is 5.77. The third-order valence-corrected chi connectivity index (χ3v) is 5.77. The van der Waals surface area contributed by atoms with Gasteiger partial charge in [0.15, 0.2) is 11.5 Å². The van der Waals surface area contributed by atoms with Crippen molar-refractivity contribution in [1.82, 2.24) is 10.2 Å². The van der Waals surface area contributed by atoms with Crippen molar-refractivity contribution >= 4 is 0 Å². The van der Waals surface area contributed by atoms with Gasteiger partial charge in [-0.1, -0.05) is 36.4 Å². The van der Waals surface area contributed by atoms with Gasteiger partial charge in [-0.25, -0.2) is 0 Å². The van der Waals surface area contributed by atoms with Crippen molar-refractivity contribution in [1.29, 1.82) is 0 Å². The quantitative estimate of drug-likeness (QED) is 0.511. The number of likely N-dealkylation sites (N-methyl/N-ethyl adjacent to an activating group) is 1. The van der Waals surface area contributed by atoms with Crippen molar-refractivity contribution in [3.05, 3.63) is 59.7 Å². The van der Waals surface area contributed by atoms with Gasteiger partial charge >= 0.3 is 0 Å². The second kappa shape index (κ2) is 12.1. The monoisotopic (exact) mass is 428 g/mol. The summed E-state index contributed by atoms with van der Waals surface area (Å²) in [4.78, 5) is 2.09. The fourth-order valence-corrected chi connectivity index (χ4v) is 4.04. The molecular weight excluding hydrogens is 392 g/mol. The van der Waals surface area contributed by atoms with Crippen molar-refractivity contribution < 1.29 is 19.7 Å². The van der Waals surface area contributed by atoms with Crippen LogP contribution in [-0.4, -0.2) is 60.7 Å². The maximum absolute atomic E-state index is 10.4. The first-order valence-corrected chi connectivity index (χ1v) is 11.1. The predicted molar refractivity (Wildman–Crippen MR) is 122 cm³/mol. The van der Waals surface area contributed by atoms with Crippen LogP contribution in [0.25, 0.3) is 0 Å². The molecular formula is C25H36N2O4. The number of benzene rings is 2. The van der Waals surface area contributed by atoms with Crippen LogP contribution < -0.4 is 14.8 Å². The van der Waals surface area contributed by atoms with Crippen LogP contribution in [0.3, 0.4) is 0 Å². The molecule has 0 spiro atoms. The van der Waals surface area contributed by atoms with Crippen molar-refractivity contribution in [3.63, 3.8) is 0 Å². The molecule has 170 valence electrons. The summed E-state index contributed by atoms with van der Waals surface area (Å²) in [5.41, 5.74) is 2.32. The summed E-state index contributed by atoms with van der Waals surface area (Å²) in [7, 11) is 3.62. The SMILES string of the molecule is COc1ccc(CNC2CCC(O)CC2)cc1OC[C@@H](O)CN(C)Cc1ccccc1. The van der Waals surface area contributed by atoms with Crippen molar-refractivity contribution in [2.24, 2.45) is 0 Å². The molecule has 1 fully saturated rings. The average molecular weight is 429 g/mol. The number of nitrogens with one attached hydrogen (secondary N) is 1. The van der Waals surface area contributed by atoms with Crippen molar-refractivity contribution in [2.45, 2.75) is 57.0 Å². The lowest BCUT2D eigenvalue weighted by atomic mass is 9.93. The first kappa shape index (κ1) is 23.5. The van der Waals surface area contributed by atoms with E-state index in [2.05, 4.69) is 22.3 Å². The van der Waals surface area contributed by atoms with Crippen LogP contribution in [0.4, 0.5) is 0 Å². The Labute approximate surface area is 185 Å². The lowest BCUT2D eigenvalue weighted by Crippen LogP contribution is -2.34. The molecule has 1 atom stereocenters. The third kappa shape index (κ3) is 7.82. The number of methoxy groups -OCH3 is 1. The van der Waals surface area contributed by atoms with E-state index < -0.39 is 6.10 Å². The topological polar surface area (TPSA) is 74.2 Å². The Hall–Kier alpha value is -2.12. The van der Waals surface area contributed by atoms with Gasteiger partial charge in [-0.3, -0.25) is 4.90 Å². The minimum absolute atomic E-state index is 0.141. The summed E-state index contributed by atoms with van der Waals surface area (Å²) in [6, 6.07) is 16.6. The maximum Gasteiger partial charge on any atom is 0.161 e. The Morgan fingerprint density at radius 2 is 1.77 bits per heavy atom. The second-order valence-corrected chi connectivity index (χ2v) is 8.52. The van der Waals surface area contributed by atoms with E-state index >= 15 is 0 Å². The highest BCUT2D eigenvalue weighted by molar-refractivity contribution is 5.43. The van der Waals surface area contributed by atoms with E-state index in [1.807, 2.05) is 43.4 Å². The number of hydrogen-bond acceptors (Lipinski definition) is 6. The number of ether oxygens (including phenoxy) is 2. The van der Waals surface area contributed by atoms with E-state index in [4.69, 9.17) is 9.47 Å². The molecule has 6 heteroatoms. The van der Waals surface area contributed by atoms with Gasteiger partial charge in [0.2, 0.25) is 0 Å². The predicted octanol–water partition coefficient (Wildman–Crippen LogP) is 2.96. The minimum atomic E-state index is -0.603. The van der Waals surface area contributed by atoms with E-state index in [1.165, 1.54) is 5.56 Å². The van der Waals surface area contributed by atoms with Crippen LogP contribution in [0, 0.1) is 0 Å². The lowest BCUT2D eigenvalue weighted by molar-refractivity contribution is 0.0732. The maximum atomic E-state index is 10.4. The number of nitrogens with zero attached hydrogens (tertiary/aromatic N) is 1. The fraction of sp³-hybridized carbons (Fsp3) is 0.520. The highest BCUT2D eigenvalue weighted by Crippen LogP contribution is 2.28. The average Bonchev–Trinajstić information content (AvgIpc) is 2.78. The summed E-state index contributed by atoms with van der Waals surface area (Å²) in [5.74, 6) is 1.31. The van der Waals surface area contributed by atoms with Crippen molar-refractivity contribution in [2.75, 3.05) is 27.3 Å². The number of aliphatic hydroxyl groups is 2. The first-order chi connectivity index (χ1) is 15.0. The van der Waals surface area contributed by atoms with Gasteiger partial charge in [-0.05, 0) is 56.0 Å². The Morgan fingerprint density at radius 1 is 1.03 bits per heavy atom. The Balaban J connectivity index is 1.48. The second-order valence-electron chi connectivity index (χ2n) is 8.52. The fourth-order valence-electron chi connectivity index (χ4n) is 4.04. The Morgan fingerprint density at radius 3 is 2.48 bits per heavy atom. The summed E-state index contributed by atoms with van der Waals surface area (Å²) in [6.45, 7) is 2.24. The van der Waals surface area contributed by atoms with Gasteiger partial charge in [-0.2, -0.15) is 0 Å². The minimum Gasteiger partial charge on any atom is -0.493 e. The van der Waals surface area contributed by atoms with Gasteiger partial charge < -0.3 is 25.0 Å². The molecule has 0 aliphatic heterocycles. The zero-order chi connectivity index (χ0) is 22.1. The zero-order valence-electron chi connectivity index (χ0n) is 18.7. The highest BCUT2D eigenvalue weighted by atomic mass is 16.5. The van der Waals surface area contributed by atoms with Crippen LogP contribution in [0.1, 0.15) is 36.8 Å². The molecule has 0 saturated heterocycles. The molecule has 0 amide bonds. The van der Waals surface area contributed by atoms with E-state index in [-0.39, 0.29) is 12.7 Å². The van der Waals surface area contributed by atoms with Crippen LogP contribution in [-0.2, 0) is 13.1 Å². The molecule has 1 aliphatic carbocycles. The highest BCUT2D eigenvalue weighted by Gasteiger charge is 2.19. The summed E-state index contributed by atoms with van der Waals surface area (Å²) < 4.78 is 11.4. The summed E-state index contributed by atoms with van der Waals surface area (Å²) in [5, 5.41) is 23.7. The zero-order valence-corrected chi connectivity index (χ0v) is 18.7. The van der Waals surface area contributed by atoms with Crippen molar-refractivity contribution in [3.8, 4) is 11.5 Å². The van der Waals surface area contributed by atoms with E-state index in [1.54, 1.807) is 7.11 Å². The number of rotatable bonds is 11. The molecule has 6 nitrogen and oxygen atoms in total. The molecule has 31 heavy (non-hydrogen) atoms. The molecule has 0 bridgehead atoms. The van der Waals surface area contributed by atoms with Gasteiger partial charge in [0.05, 0.1) is 13.2 Å². The standard InChI is InChI=1S/C25H36N2O4/c1-27(16-19-6-4-3-5-7-19)17-23(29)18-31-25-14-20(8-13-24(25)30-2)15-26-21-9-11-22(28)12-10-21/h3-8,13-14,21-23,26,28-29H,9-12,15-18H2,1-2H3/t21?,22?,23-/m0/s1. The number of hydrogen-bond donors (Lipinski definition) is 3. The molecule has 2 aromatic carbocycles. The van der Waals surface area contributed by atoms with Crippen LogP contribution in [0.2, 0.25) is 0 Å². The molecule has 0 unspecified atom stereocenters. The molecule has 2 aromatic rings. The molecule has 3 N–H and O–H groups in total. The van der Waals surface area contributed by atoms with Crippen LogP contribution >= 0.6 is 0 Å². The molecule has 0 heterocycles. The van der Waals surface area contributed by atoms with Gasteiger partial charge in [0.1, 0.15) is 12.7 Å². The molecule has 0 aromatic heterocycles. The lowest BCUT2D eigenvalue weighted by Gasteiger charge is -2.26. The van der Waals surface area contributed by atoms with Gasteiger partial charge in [0, 0.05) is 25.7 Å². The number of aliphatic hydroxyl groups excluding tert-OH is 2. The first-order valence-electron chi connectivity index (χ1n) is 11.1. The molecule has 1 aliphatic rings. The van der Waals surface area contributed by atoms with Gasteiger partial charge in [-0.15, -0.1) is 0 Å². The Kier molecular flexibility index (Phi) is 9.15. The smallest absolute Gasteiger partial charge is 0.161 e. The van der Waals surface area contributed by atoms with Gasteiger partial charge in [0.25, 0.3) is 0 Å².